The average molecular weight is 214 g/mol. The van der Waals surface area contributed by atoms with Crippen molar-refractivity contribution in [2.24, 2.45) is 17.8 Å². The zero-order chi connectivity index (χ0) is 11.7. The number of rotatable bonds is 9. The molecule has 0 N–H and O–H groups in total. The van der Waals surface area contributed by atoms with Gasteiger partial charge in [0.05, 0.1) is 0 Å². The Kier molecular flexibility index (Phi) is 9.18. The molecule has 0 aliphatic heterocycles. The summed E-state index contributed by atoms with van der Waals surface area (Å²) in [4.78, 5) is 0. The highest BCUT2D eigenvalue weighted by molar-refractivity contribution is 4.55. The van der Waals surface area contributed by atoms with Crippen LogP contribution < -0.4 is 0 Å². The Morgan fingerprint density at radius 1 is 0.800 bits per heavy atom. The first-order chi connectivity index (χ1) is 7.02. The van der Waals surface area contributed by atoms with Crippen LogP contribution in [-0.4, -0.2) is 13.2 Å². The van der Waals surface area contributed by atoms with Crippen LogP contribution in [0.1, 0.15) is 60.3 Å². The summed E-state index contributed by atoms with van der Waals surface area (Å²) in [6, 6.07) is 0. The van der Waals surface area contributed by atoms with Crippen LogP contribution in [0.3, 0.4) is 0 Å². The molecule has 0 spiro atoms. The Labute approximate surface area is 96.6 Å². The molecule has 0 rings (SSSR count). The quantitative estimate of drug-likeness (QED) is 0.513. The number of ether oxygens (including phenoxy) is 1. The first-order valence-electron chi connectivity index (χ1n) is 6.60. The lowest BCUT2D eigenvalue weighted by molar-refractivity contribution is 0.0982. The van der Waals surface area contributed by atoms with Gasteiger partial charge in [-0.3, -0.25) is 0 Å². The number of hydrogen-bond acceptors (Lipinski definition) is 1. The van der Waals surface area contributed by atoms with Gasteiger partial charge in [-0.1, -0.05) is 53.9 Å². The third-order valence-corrected chi connectivity index (χ3v) is 2.68. The Bertz CT molecular complexity index is 129. The highest BCUT2D eigenvalue weighted by Crippen LogP contribution is 2.15. The molecule has 1 unspecified atom stereocenters. The Balaban J connectivity index is 3.22. The fourth-order valence-corrected chi connectivity index (χ4v) is 1.62. The van der Waals surface area contributed by atoms with Crippen molar-refractivity contribution in [3.05, 3.63) is 0 Å². The summed E-state index contributed by atoms with van der Waals surface area (Å²) in [5.74, 6) is 2.35. The van der Waals surface area contributed by atoms with Gasteiger partial charge in [0.1, 0.15) is 0 Å². The first kappa shape index (κ1) is 15.0. The summed E-state index contributed by atoms with van der Waals surface area (Å²) in [7, 11) is 0. The Hall–Kier alpha value is -0.0400. The second-order valence-corrected chi connectivity index (χ2v) is 5.69. The smallest absolute Gasteiger partial charge is 0.0488 e. The molecule has 0 aliphatic rings. The molecule has 0 amide bonds. The lowest BCUT2D eigenvalue weighted by Crippen LogP contribution is -2.06. The van der Waals surface area contributed by atoms with Crippen LogP contribution in [0.15, 0.2) is 0 Å². The molecule has 0 aliphatic carbocycles. The van der Waals surface area contributed by atoms with Gasteiger partial charge in [0.15, 0.2) is 0 Å². The molecule has 1 heteroatoms. The van der Waals surface area contributed by atoms with Crippen molar-refractivity contribution < 1.29 is 4.74 Å². The summed E-state index contributed by atoms with van der Waals surface area (Å²) in [5, 5.41) is 0. The molecule has 0 aromatic heterocycles. The van der Waals surface area contributed by atoms with Gasteiger partial charge in [-0.05, 0) is 24.2 Å². The van der Waals surface area contributed by atoms with Crippen LogP contribution in [0.4, 0.5) is 0 Å². The maximum atomic E-state index is 5.59. The van der Waals surface area contributed by atoms with Gasteiger partial charge in [0, 0.05) is 13.2 Å². The molecule has 1 nitrogen and oxygen atoms in total. The van der Waals surface area contributed by atoms with Crippen molar-refractivity contribution in [2.75, 3.05) is 13.2 Å². The minimum Gasteiger partial charge on any atom is -0.381 e. The maximum absolute atomic E-state index is 5.59. The van der Waals surface area contributed by atoms with E-state index in [1.165, 1.54) is 25.7 Å². The van der Waals surface area contributed by atoms with Crippen LogP contribution in [-0.2, 0) is 4.74 Å². The van der Waals surface area contributed by atoms with E-state index in [0.717, 1.165) is 25.0 Å². The third kappa shape index (κ3) is 11.9. The minimum atomic E-state index is 0.668. The lowest BCUT2D eigenvalue weighted by Gasteiger charge is -2.13. The van der Waals surface area contributed by atoms with Gasteiger partial charge in [-0.2, -0.15) is 0 Å². The van der Waals surface area contributed by atoms with Crippen LogP contribution in [0.25, 0.3) is 0 Å². The van der Waals surface area contributed by atoms with Crippen molar-refractivity contribution in [3.63, 3.8) is 0 Å². The first-order valence-corrected chi connectivity index (χ1v) is 6.60. The Morgan fingerprint density at radius 3 is 2.00 bits per heavy atom. The van der Waals surface area contributed by atoms with E-state index in [9.17, 15) is 0 Å². The molecule has 0 radical (unpaired) electrons. The van der Waals surface area contributed by atoms with Crippen LogP contribution >= 0.6 is 0 Å². The molecule has 1 atom stereocenters. The largest absolute Gasteiger partial charge is 0.381 e. The molecule has 0 fully saturated rings. The molecule has 0 saturated carbocycles. The molecular weight excluding hydrogens is 184 g/mol. The van der Waals surface area contributed by atoms with Crippen molar-refractivity contribution in [1.82, 2.24) is 0 Å². The SMILES string of the molecule is CC(C)CCCC(C)CCOCC(C)C. The van der Waals surface area contributed by atoms with Crippen LogP contribution in [0.2, 0.25) is 0 Å². The van der Waals surface area contributed by atoms with E-state index in [0.29, 0.717) is 5.92 Å². The van der Waals surface area contributed by atoms with E-state index in [1.807, 2.05) is 0 Å². The topological polar surface area (TPSA) is 9.23 Å². The summed E-state index contributed by atoms with van der Waals surface area (Å²) in [6.45, 7) is 13.2. The molecule has 0 bridgehead atoms. The second-order valence-electron chi connectivity index (χ2n) is 5.69. The molecule has 15 heavy (non-hydrogen) atoms. The average Bonchev–Trinajstić information content (AvgIpc) is 2.11. The second kappa shape index (κ2) is 9.21. The predicted molar refractivity (Wildman–Crippen MR) is 68.1 cm³/mol. The summed E-state index contributed by atoms with van der Waals surface area (Å²) >= 11 is 0. The van der Waals surface area contributed by atoms with Gasteiger partial charge >= 0.3 is 0 Å². The van der Waals surface area contributed by atoms with E-state index in [2.05, 4.69) is 34.6 Å². The number of hydrogen-bond donors (Lipinski definition) is 0. The molecule has 92 valence electrons. The summed E-state index contributed by atoms with van der Waals surface area (Å²) < 4.78 is 5.59. The van der Waals surface area contributed by atoms with Gasteiger partial charge in [-0.15, -0.1) is 0 Å². The van der Waals surface area contributed by atoms with Crippen molar-refractivity contribution in [2.45, 2.75) is 60.3 Å². The third-order valence-electron chi connectivity index (χ3n) is 2.68. The van der Waals surface area contributed by atoms with E-state index >= 15 is 0 Å². The lowest BCUT2D eigenvalue weighted by atomic mass is 9.98. The van der Waals surface area contributed by atoms with Crippen molar-refractivity contribution in [3.8, 4) is 0 Å². The molecule has 0 saturated heterocycles. The van der Waals surface area contributed by atoms with E-state index in [1.54, 1.807) is 0 Å². The Morgan fingerprint density at radius 2 is 1.47 bits per heavy atom. The van der Waals surface area contributed by atoms with Crippen LogP contribution in [0, 0.1) is 17.8 Å². The fraction of sp³-hybridized carbons (Fsp3) is 1.00. The predicted octanol–water partition coefficient (Wildman–Crippen LogP) is 4.51. The van der Waals surface area contributed by atoms with E-state index in [-0.39, 0.29) is 0 Å². The highest BCUT2D eigenvalue weighted by atomic mass is 16.5. The molecule has 0 aromatic rings. The standard InChI is InChI=1S/C14H30O/c1-12(2)7-6-8-14(5)9-10-15-11-13(3)4/h12-14H,6-11H2,1-5H3. The van der Waals surface area contributed by atoms with E-state index < -0.39 is 0 Å². The van der Waals surface area contributed by atoms with Crippen molar-refractivity contribution >= 4 is 0 Å². The normalized spacial score (nSPS) is 13.8. The monoisotopic (exact) mass is 214 g/mol. The minimum absolute atomic E-state index is 0.668. The van der Waals surface area contributed by atoms with Gasteiger partial charge in [0.25, 0.3) is 0 Å². The molecule has 0 aromatic carbocycles. The summed E-state index contributed by atoms with van der Waals surface area (Å²) in [6.07, 6.45) is 5.34. The van der Waals surface area contributed by atoms with Crippen molar-refractivity contribution in [1.29, 1.82) is 0 Å². The zero-order valence-corrected chi connectivity index (χ0v) is 11.4. The van der Waals surface area contributed by atoms with Gasteiger partial charge in [-0.25, -0.2) is 0 Å². The van der Waals surface area contributed by atoms with Gasteiger partial charge in [0.2, 0.25) is 0 Å². The highest BCUT2D eigenvalue weighted by Gasteiger charge is 2.03. The van der Waals surface area contributed by atoms with E-state index in [4.69, 9.17) is 4.74 Å². The van der Waals surface area contributed by atoms with Gasteiger partial charge < -0.3 is 4.74 Å². The van der Waals surface area contributed by atoms with Crippen LogP contribution in [0.5, 0.6) is 0 Å². The fourth-order valence-electron chi connectivity index (χ4n) is 1.62. The zero-order valence-electron chi connectivity index (χ0n) is 11.4. The molecule has 0 heterocycles. The maximum Gasteiger partial charge on any atom is 0.0488 e. The summed E-state index contributed by atoms with van der Waals surface area (Å²) in [5.41, 5.74) is 0. The molecular formula is C14H30O.